The molecule has 2 aliphatic heterocycles. The van der Waals surface area contributed by atoms with E-state index < -0.39 is 9.84 Å². The number of phenolic OH excluding ortho intramolecular Hbond substituents is 1. The number of hydrogen-bond donors (Lipinski definition) is 2. The number of likely N-dealkylation sites (N-methyl/N-ethyl adjacent to an activating group) is 1. The summed E-state index contributed by atoms with van der Waals surface area (Å²) in [5.41, 5.74) is 1.08. The Balaban J connectivity index is 1.51. The van der Waals surface area contributed by atoms with Crippen molar-refractivity contribution < 1.29 is 23.2 Å². The molecule has 2 saturated heterocycles. The van der Waals surface area contributed by atoms with E-state index in [1.807, 2.05) is 19.1 Å². The van der Waals surface area contributed by atoms with Crippen molar-refractivity contribution >= 4 is 21.4 Å². The first-order chi connectivity index (χ1) is 12.4. The van der Waals surface area contributed by atoms with E-state index >= 15 is 0 Å². The predicted octanol–water partition coefficient (Wildman–Crippen LogP) is -0.867. The van der Waals surface area contributed by atoms with Crippen LogP contribution in [0.3, 0.4) is 0 Å². The number of aromatic hydroxyl groups is 1. The molecule has 1 aromatic rings. The summed E-state index contributed by atoms with van der Waals surface area (Å²) in [7, 11) is -2.98. The molecule has 0 spiro atoms. The summed E-state index contributed by atoms with van der Waals surface area (Å²) in [5, 5.41) is 9.39. The number of phenols is 1. The van der Waals surface area contributed by atoms with E-state index in [1.54, 1.807) is 17.0 Å². The maximum absolute atomic E-state index is 12.7. The summed E-state index contributed by atoms with van der Waals surface area (Å²) in [6.07, 6.45) is 0.561. The summed E-state index contributed by atoms with van der Waals surface area (Å²) in [6.45, 7) is 6.36. The number of quaternary nitrogens is 1. The van der Waals surface area contributed by atoms with Gasteiger partial charge in [-0.15, -0.1) is 0 Å². The third-order valence-electron chi connectivity index (χ3n) is 5.40. The highest BCUT2D eigenvalue weighted by Crippen LogP contribution is 2.19. The number of carbonyl (C=O) groups excluding carboxylic acids is 1. The molecule has 7 nitrogen and oxygen atoms in total. The van der Waals surface area contributed by atoms with E-state index in [4.69, 9.17) is 0 Å². The van der Waals surface area contributed by atoms with Gasteiger partial charge in [0.15, 0.2) is 16.4 Å². The van der Waals surface area contributed by atoms with Gasteiger partial charge >= 0.3 is 0 Å². The molecule has 1 atom stereocenters. The molecule has 2 aliphatic rings. The topological polar surface area (TPSA) is 82.4 Å². The highest BCUT2D eigenvalue weighted by atomic mass is 32.2. The van der Waals surface area contributed by atoms with Gasteiger partial charge in [0.25, 0.3) is 5.91 Å². The van der Waals surface area contributed by atoms with Crippen LogP contribution in [0.15, 0.2) is 24.3 Å². The molecule has 0 bridgehead atoms. The first-order valence-corrected chi connectivity index (χ1v) is 11.1. The smallest absolute Gasteiger partial charge is 0.278 e. The van der Waals surface area contributed by atoms with Crippen LogP contribution in [0.1, 0.15) is 13.3 Å². The fraction of sp³-hybridized carbons (Fsp3) is 0.611. The largest absolute Gasteiger partial charge is 0.508 e. The van der Waals surface area contributed by atoms with E-state index in [0.29, 0.717) is 19.5 Å². The third kappa shape index (κ3) is 4.48. The van der Waals surface area contributed by atoms with E-state index in [9.17, 15) is 18.3 Å². The van der Waals surface area contributed by atoms with Crippen molar-refractivity contribution in [3.05, 3.63) is 24.3 Å². The van der Waals surface area contributed by atoms with E-state index in [0.717, 1.165) is 31.9 Å². The van der Waals surface area contributed by atoms with Gasteiger partial charge in [-0.25, -0.2) is 8.42 Å². The zero-order valence-electron chi connectivity index (χ0n) is 15.2. The molecule has 1 aromatic carbocycles. The molecule has 2 heterocycles. The van der Waals surface area contributed by atoms with Crippen molar-refractivity contribution in [3.63, 3.8) is 0 Å². The number of piperazine rings is 1. The number of sulfone groups is 1. The molecule has 0 aromatic heterocycles. The Morgan fingerprint density at radius 2 is 1.92 bits per heavy atom. The second-order valence-corrected chi connectivity index (χ2v) is 9.40. The van der Waals surface area contributed by atoms with Crippen LogP contribution >= 0.6 is 0 Å². The maximum atomic E-state index is 12.7. The van der Waals surface area contributed by atoms with Crippen LogP contribution in [0.25, 0.3) is 0 Å². The Bertz CT molecular complexity index is 727. The molecule has 0 aliphatic carbocycles. The van der Waals surface area contributed by atoms with Crippen molar-refractivity contribution in [1.82, 2.24) is 4.90 Å². The summed E-state index contributed by atoms with van der Waals surface area (Å²) >= 11 is 0. The zero-order chi connectivity index (χ0) is 18.7. The van der Waals surface area contributed by atoms with Crippen LogP contribution in [-0.4, -0.2) is 81.1 Å². The SMILES string of the molecule is CCN(C(=O)C[NH+]1CCN(c2ccc(O)cc2)CC1)[C@H]1CCS(=O)(=O)C1. The standard InChI is InChI=1S/C18H27N3O4S/c1-2-21(16-7-12-26(24,25)14-16)18(23)13-19-8-10-20(11-9-19)15-3-5-17(22)6-4-15/h3-6,16,22H,2,7-14H2,1H3/p+1/t16-/m0/s1. The number of nitrogens with one attached hydrogen (secondary N) is 1. The normalized spacial score (nSPS) is 23.1. The second-order valence-electron chi connectivity index (χ2n) is 7.17. The van der Waals surface area contributed by atoms with Crippen LogP contribution in [0.5, 0.6) is 5.75 Å². The maximum Gasteiger partial charge on any atom is 0.278 e. The summed E-state index contributed by atoms with van der Waals surface area (Å²) in [6, 6.07) is 7.03. The molecular formula is C18H28N3O4S+. The Morgan fingerprint density at radius 1 is 1.27 bits per heavy atom. The Labute approximate surface area is 155 Å². The lowest BCUT2D eigenvalue weighted by atomic mass is 10.2. The molecule has 1 amide bonds. The van der Waals surface area contributed by atoms with Gasteiger partial charge in [0.1, 0.15) is 5.75 Å². The second kappa shape index (κ2) is 7.84. The van der Waals surface area contributed by atoms with Crippen molar-refractivity contribution in [3.8, 4) is 5.75 Å². The summed E-state index contributed by atoms with van der Waals surface area (Å²) < 4.78 is 23.4. The predicted molar refractivity (Wildman–Crippen MR) is 100 cm³/mol. The monoisotopic (exact) mass is 382 g/mol. The van der Waals surface area contributed by atoms with Crippen molar-refractivity contribution in [2.75, 3.05) is 55.7 Å². The van der Waals surface area contributed by atoms with Crippen LogP contribution < -0.4 is 9.80 Å². The summed E-state index contributed by atoms with van der Waals surface area (Å²) in [5.74, 6) is 0.621. The molecule has 0 radical (unpaired) electrons. The minimum Gasteiger partial charge on any atom is -0.508 e. The minimum absolute atomic E-state index is 0.0580. The van der Waals surface area contributed by atoms with Gasteiger partial charge in [-0.3, -0.25) is 4.79 Å². The van der Waals surface area contributed by atoms with E-state index in [-0.39, 0.29) is 29.2 Å². The van der Waals surface area contributed by atoms with Crippen LogP contribution in [0.2, 0.25) is 0 Å². The van der Waals surface area contributed by atoms with Crippen LogP contribution in [0, 0.1) is 0 Å². The van der Waals surface area contributed by atoms with Crippen molar-refractivity contribution in [2.45, 2.75) is 19.4 Å². The minimum atomic E-state index is -2.98. The van der Waals surface area contributed by atoms with E-state index in [1.165, 1.54) is 4.90 Å². The number of amides is 1. The number of nitrogens with zero attached hydrogens (tertiary/aromatic N) is 2. The van der Waals surface area contributed by atoms with Gasteiger partial charge in [-0.2, -0.15) is 0 Å². The lowest BCUT2D eigenvalue weighted by Crippen LogP contribution is -3.16. The van der Waals surface area contributed by atoms with Crippen LogP contribution in [-0.2, 0) is 14.6 Å². The van der Waals surface area contributed by atoms with Gasteiger partial charge in [0, 0.05) is 18.3 Å². The Morgan fingerprint density at radius 3 is 2.46 bits per heavy atom. The molecule has 26 heavy (non-hydrogen) atoms. The van der Waals surface area contributed by atoms with Crippen molar-refractivity contribution in [2.24, 2.45) is 0 Å². The average molecular weight is 383 g/mol. The number of rotatable bonds is 5. The fourth-order valence-corrected chi connectivity index (χ4v) is 5.63. The quantitative estimate of drug-likeness (QED) is 0.692. The number of benzene rings is 1. The highest BCUT2D eigenvalue weighted by molar-refractivity contribution is 7.91. The third-order valence-corrected chi connectivity index (χ3v) is 7.15. The molecule has 0 unspecified atom stereocenters. The molecule has 3 rings (SSSR count). The molecule has 8 heteroatoms. The molecule has 144 valence electrons. The van der Waals surface area contributed by atoms with Gasteiger partial charge < -0.3 is 19.8 Å². The van der Waals surface area contributed by atoms with Crippen LogP contribution in [0.4, 0.5) is 5.69 Å². The van der Waals surface area contributed by atoms with E-state index in [2.05, 4.69) is 4.90 Å². The number of hydrogen-bond acceptors (Lipinski definition) is 5. The first kappa shape index (κ1) is 19.0. The average Bonchev–Trinajstić information content (AvgIpc) is 2.96. The molecule has 2 N–H and O–H groups in total. The number of carbonyl (C=O) groups is 1. The van der Waals surface area contributed by atoms with Gasteiger partial charge in [0.05, 0.1) is 37.7 Å². The molecule has 2 fully saturated rings. The lowest BCUT2D eigenvalue weighted by molar-refractivity contribution is -0.892. The lowest BCUT2D eigenvalue weighted by Gasteiger charge is -2.35. The molecule has 0 saturated carbocycles. The van der Waals surface area contributed by atoms with Gasteiger partial charge in [-0.1, -0.05) is 0 Å². The number of anilines is 1. The Hall–Kier alpha value is -1.80. The Kier molecular flexibility index (Phi) is 5.72. The van der Waals surface area contributed by atoms with Crippen molar-refractivity contribution in [1.29, 1.82) is 0 Å². The zero-order valence-corrected chi connectivity index (χ0v) is 16.0. The fourth-order valence-electron chi connectivity index (χ4n) is 3.90. The highest BCUT2D eigenvalue weighted by Gasteiger charge is 2.35. The summed E-state index contributed by atoms with van der Waals surface area (Å²) in [4.78, 5) is 18.0. The van der Waals surface area contributed by atoms with Gasteiger partial charge in [0.2, 0.25) is 0 Å². The first-order valence-electron chi connectivity index (χ1n) is 9.25. The van der Waals surface area contributed by atoms with Gasteiger partial charge in [-0.05, 0) is 37.6 Å². The molecular weight excluding hydrogens is 354 g/mol.